The number of carbonyl (C=O) groups is 1. The zero-order chi connectivity index (χ0) is 15.9. The first kappa shape index (κ1) is 15.9. The predicted molar refractivity (Wildman–Crippen MR) is 88.0 cm³/mol. The lowest BCUT2D eigenvalue weighted by molar-refractivity contribution is -0.116. The van der Waals surface area contributed by atoms with Crippen molar-refractivity contribution in [3.63, 3.8) is 0 Å². The molecule has 22 heavy (non-hydrogen) atoms. The van der Waals surface area contributed by atoms with Crippen LogP contribution in [0.4, 0.5) is 5.13 Å². The van der Waals surface area contributed by atoms with Crippen molar-refractivity contribution in [3.8, 4) is 0 Å². The van der Waals surface area contributed by atoms with Crippen molar-refractivity contribution >= 4 is 22.4 Å². The third kappa shape index (κ3) is 3.34. The molecule has 1 aliphatic carbocycles. The maximum atomic E-state index is 11.8. The lowest BCUT2D eigenvalue weighted by Gasteiger charge is -2.33. The molecule has 1 aromatic heterocycles. The van der Waals surface area contributed by atoms with E-state index in [4.69, 9.17) is 0 Å². The summed E-state index contributed by atoms with van der Waals surface area (Å²) >= 11 is 1.55. The van der Waals surface area contributed by atoms with Crippen LogP contribution in [0.25, 0.3) is 0 Å². The van der Waals surface area contributed by atoms with E-state index in [1.54, 1.807) is 18.3 Å². The number of thiazole rings is 1. The minimum Gasteiger partial charge on any atom is -0.389 e. The highest BCUT2D eigenvalue weighted by Gasteiger charge is 2.37. The Bertz CT molecular complexity index is 548. The second-order valence-corrected chi connectivity index (χ2v) is 7.86. The van der Waals surface area contributed by atoms with Crippen molar-refractivity contribution in [2.75, 3.05) is 11.4 Å². The first-order chi connectivity index (χ1) is 10.4. The van der Waals surface area contributed by atoms with E-state index >= 15 is 0 Å². The van der Waals surface area contributed by atoms with Crippen LogP contribution in [0.3, 0.4) is 0 Å². The highest BCUT2D eigenvalue weighted by Crippen LogP contribution is 2.34. The van der Waals surface area contributed by atoms with Gasteiger partial charge in [-0.25, -0.2) is 4.98 Å². The summed E-state index contributed by atoms with van der Waals surface area (Å²) in [7, 11) is 0. The summed E-state index contributed by atoms with van der Waals surface area (Å²) in [6.07, 6.45) is 4.32. The Labute approximate surface area is 135 Å². The molecule has 1 saturated heterocycles. The number of anilines is 1. The summed E-state index contributed by atoms with van der Waals surface area (Å²) in [5.74, 6) is 0.0824. The molecular weight excluding hydrogens is 298 g/mol. The number of rotatable bonds is 5. The number of aromatic nitrogens is 1. The molecule has 2 fully saturated rings. The Morgan fingerprint density at radius 2 is 2.23 bits per heavy atom. The first-order valence-corrected chi connectivity index (χ1v) is 8.95. The molecule has 1 atom stereocenters. The Kier molecular flexibility index (Phi) is 4.27. The van der Waals surface area contributed by atoms with Crippen LogP contribution >= 0.6 is 11.3 Å². The quantitative estimate of drug-likeness (QED) is 0.904. The van der Waals surface area contributed by atoms with E-state index in [1.165, 1.54) is 0 Å². The van der Waals surface area contributed by atoms with Gasteiger partial charge in [0, 0.05) is 30.9 Å². The molecule has 1 aromatic rings. The van der Waals surface area contributed by atoms with Crippen molar-refractivity contribution in [2.24, 2.45) is 0 Å². The van der Waals surface area contributed by atoms with Crippen LogP contribution in [0.15, 0.2) is 5.38 Å². The molecule has 0 bridgehead atoms. The van der Waals surface area contributed by atoms with Crippen molar-refractivity contribution in [1.82, 2.24) is 9.88 Å². The van der Waals surface area contributed by atoms with E-state index in [9.17, 15) is 9.90 Å². The number of amides is 1. The highest BCUT2D eigenvalue weighted by atomic mass is 32.1. The Hall–Kier alpha value is -0.980. The summed E-state index contributed by atoms with van der Waals surface area (Å²) < 4.78 is 0. The molecule has 2 heterocycles. The zero-order valence-electron chi connectivity index (χ0n) is 13.6. The molecule has 0 spiro atoms. The molecule has 1 aliphatic heterocycles. The van der Waals surface area contributed by atoms with E-state index in [0.29, 0.717) is 6.04 Å². The monoisotopic (exact) mass is 323 g/mol. The number of hydrogen-bond donors (Lipinski definition) is 1. The maximum Gasteiger partial charge on any atom is 0.225 e. The number of hydrogen-bond acceptors (Lipinski definition) is 5. The van der Waals surface area contributed by atoms with Crippen molar-refractivity contribution in [2.45, 2.75) is 70.7 Å². The topological polar surface area (TPSA) is 56.7 Å². The third-order valence-corrected chi connectivity index (χ3v) is 5.43. The minimum absolute atomic E-state index is 0.0824. The van der Waals surface area contributed by atoms with Crippen LogP contribution in [0, 0.1) is 0 Å². The molecule has 0 aromatic carbocycles. The van der Waals surface area contributed by atoms with Gasteiger partial charge < -0.3 is 5.11 Å². The number of nitrogens with zero attached hydrogens (tertiary/aromatic N) is 3. The van der Waals surface area contributed by atoms with Crippen LogP contribution in [0.5, 0.6) is 0 Å². The second kappa shape index (κ2) is 5.91. The number of carbonyl (C=O) groups excluding carboxylic acids is 1. The standard InChI is InChI=1S/C16H25N3O2S/c1-11(20)19(13-6-7-13)15-17-12(10-22-15)9-18-8-4-5-14(18)16(2,3)21/h10,13-14,21H,4-9H2,1-3H3. The molecule has 5 nitrogen and oxygen atoms in total. The van der Waals surface area contributed by atoms with Gasteiger partial charge in [0.15, 0.2) is 5.13 Å². The van der Waals surface area contributed by atoms with E-state index in [-0.39, 0.29) is 11.9 Å². The van der Waals surface area contributed by atoms with Gasteiger partial charge in [-0.1, -0.05) is 0 Å². The molecule has 1 N–H and O–H groups in total. The molecule has 6 heteroatoms. The van der Waals surface area contributed by atoms with Gasteiger partial charge in [0.1, 0.15) is 0 Å². The first-order valence-electron chi connectivity index (χ1n) is 8.07. The Morgan fingerprint density at radius 1 is 1.50 bits per heavy atom. The summed E-state index contributed by atoms with van der Waals surface area (Å²) in [4.78, 5) is 20.6. The molecule has 0 radical (unpaired) electrons. The third-order valence-electron chi connectivity index (χ3n) is 4.54. The zero-order valence-corrected chi connectivity index (χ0v) is 14.4. The molecule has 1 amide bonds. The summed E-state index contributed by atoms with van der Waals surface area (Å²) in [6, 6.07) is 0.539. The summed E-state index contributed by atoms with van der Waals surface area (Å²) in [6.45, 7) is 7.13. The van der Waals surface area contributed by atoms with E-state index < -0.39 is 5.60 Å². The van der Waals surface area contributed by atoms with Gasteiger partial charge in [-0.3, -0.25) is 14.6 Å². The lowest BCUT2D eigenvalue weighted by atomic mass is 9.96. The van der Waals surface area contributed by atoms with Crippen molar-refractivity contribution in [3.05, 3.63) is 11.1 Å². The molecule has 2 aliphatic rings. The average Bonchev–Trinajstić information content (AvgIpc) is 2.94. The van der Waals surface area contributed by atoms with Gasteiger partial charge in [-0.05, 0) is 46.1 Å². The summed E-state index contributed by atoms with van der Waals surface area (Å²) in [5, 5.41) is 13.2. The minimum atomic E-state index is -0.686. The highest BCUT2D eigenvalue weighted by molar-refractivity contribution is 7.14. The molecule has 1 unspecified atom stereocenters. The van der Waals surface area contributed by atoms with Crippen LogP contribution in [-0.4, -0.2) is 45.1 Å². The molecule has 1 saturated carbocycles. The van der Waals surface area contributed by atoms with Gasteiger partial charge in [-0.2, -0.15) is 0 Å². The maximum absolute atomic E-state index is 11.8. The van der Waals surface area contributed by atoms with Gasteiger partial charge in [0.2, 0.25) is 5.91 Å². The molecule has 3 rings (SSSR count). The van der Waals surface area contributed by atoms with Crippen molar-refractivity contribution in [1.29, 1.82) is 0 Å². The largest absolute Gasteiger partial charge is 0.389 e. The van der Waals surface area contributed by atoms with Crippen molar-refractivity contribution < 1.29 is 9.90 Å². The lowest BCUT2D eigenvalue weighted by Crippen LogP contribution is -2.45. The van der Waals surface area contributed by atoms with Crippen LogP contribution in [0.1, 0.15) is 52.1 Å². The normalized spacial score (nSPS) is 23.0. The van der Waals surface area contributed by atoms with Crippen LogP contribution < -0.4 is 4.90 Å². The van der Waals surface area contributed by atoms with Gasteiger partial charge in [0.05, 0.1) is 11.3 Å². The number of aliphatic hydroxyl groups is 1. The smallest absolute Gasteiger partial charge is 0.225 e. The van der Waals surface area contributed by atoms with Gasteiger partial charge in [-0.15, -0.1) is 11.3 Å². The van der Waals surface area contributed by atoms with Gasteiger partial charge in [0.25, 0.3) is 0 Å². The van der Waals surface area contributed by atoms with Crippen LogP contribution in [0.2, 0.25) is 0 Å². The fraction of sp³-hybridized carbons (Fsp3) is 0.750. The van der Waals surface area contributed by atoms with E-state index in [1.807, 2.05) is 24.1 Å². The Balaban J connectivity index is 1.70. The van der Waals surface area contributed by atoms with E-state index in [0.717, 1.165) is 49.6 Å². The molecular formula is C16H25N3O2S. The molecule has 122 valence electrons. The Morgan fingerprint density at radius 3 is 2.82 bits per heavy atom. The average molecular weight is 323 g/mol. The van der Waals surface area contributed by atoms with E-state index in [2.05, 4.69) is 9.88 Å². The summed E-state index contributed by atoms with van der Waals surface area (Å²) in [5.41, 5.74) is 0.317. The van der Waals surface area contributed by atoms with Gasteiger partial charge >= 0.3 is 0 Å². The fourth-order valence-corrected chi connectivity index (χ4v) is 4.31. The SMILES string of the molecule is CC(=O)N(c1nc(CN2CCCC2C(C)(C)O)cs1)C1CC1. The second-order valence-electron chi connectivity index (χ2n) is 7.02. The van der Waals surface area contributed by atoms with Crippen LogP contribution in [-0.2, 0) is 11.3 Å². The predicted octanol–water partition coefficient (Wildman–Crippen LogP) is 2.39. The number of likely N-dealkylation sites (tertiary alicyclic amines) is 1. The fourth-order valence-electron chi connectivity index (χ4n) is 3.38.